The van der Waals surface area contributed by atoms with Crippen LogP contribution in [-0.4, -0.2) is 9.78 Å². The topological polar surface area (TPSA) is 41.6 Å². The zero-order chi connectivity index (χ0) is 9.42. The zero-order valence-electron chi connectivity index (χ0n) is 6.95. The van der Waals surface area contributed by atoms with Crippen LogP contribution in [0.3, 0.4) is 0 Å². The average molecular weight is 236 g/mol. The fourth-order valence-electron chi connectivity index (χ4n) is 1.30. The number of fused-ring (bicyclic) bond motifs is 1. The highest BCUT2D eigenvalue weighted by molar-refractivity contribution is 9.10. The lowest BCUT2D eigenvalue weighted by atomic mass is 10.2. The van der Waals surface area contributed by atoms with Crippen molar-refractivity contribution in [2.45, 2.75) is 0 Å². The minimum Gasteiger partial charge on any atom is -0.275 e. The molecule has 1 heterocycles. The highest BCUT2D eigenvalue weighted by Crippen LogP contribution is 2.22. The molecule has 2 aromatic rings. The monoisotopic (exact) mass is 235 g/mol. The van der Waals surface area contributed by atoms with E-state index in [-0.39, 0.29) is 0 Å². The Morgan fingerprint density at radius 3 is 3.00 bits per heavy atom. The fraction of sp³-hybridized carbons (Fsp3) is 0.111. The van der Waals surface area contributed by atoms with Crippen molar-refractivity contribution in [3.05, 3.63) is 28.4 Å². The summed E-state index contributed by atoms with van der Waals surface area (Å²) in [5, 5.41) is 14.0. The van der Waals surface area contributed by atoms with Crippen LogP contribution < -0.4 is 0 Å². The summed E-state index contributed by atoms with van der Waals surface area (Å²) >= 11 is 3.35. The van der Waals surface area contributed by atoms with Gasteiger partial charge in [0.25, 0.3) is 0 Å². The molecule has 64 valence electrons. The molecule has 0 amide bonds. The third-order valence-corrected chi connectivity index (χ3v) is 2.27. The zero-order valence-corrected chi connectivity index (χ0v) is 8.54. The first-order valence-corrected chi connectivity index (χ1v) is 4.53. The molecule has 2 rings (SSSR count). The predicted octanol–water partition coefficient (Wildman–Crippen LogP) is 2.21. The van der Waals surface area contributed by atoms with Crippen molar-refractivity contribution in [1.82, 2.24) is 9.78 Å². The van der Waals surface area contributed by atoms with Gasteiger partial charge in [-0.3, -0.25) is 4.68 Å². The number of rotatable bonds is 0. The summed E-state index contributed by atoms with van der Waals surface area (Å²) in [6.07, 6.45) is 1.89. The normalized spacial score (nSPS) is 10.2. The van der Waals surface area contributed by atoms with Crippen LogP contribution in [0.5, 0.6) is 0 Å². The molecule has 0 saturated heterocycles. The number of aromatic nitrogens is 2. The van der Waals surface area contributed by atoms with E-state index in [0.29, 0.717) is 5.56 Å². The van der Waals surface area contributed by atoms with Crippen LogP contribution in [0.2, 0.25) is 0 Å². The summed E-state index contributed by atoms with van der Waals surface area (Å²) in [6, 6.07) is 5.84. The second-order valence-electron chi connectivity index (χ2n) is 2.81. The molecule has 0 spiro atoms. The van der Waals surface area contributed by atoms with E-state index in [1.165, 1.54) is 0 Å². The standard InChI is InChI=1S/C9H6BrN3/c1-13-5-7-3-8(10)2-6(4-11)9(7)12-13/h2-3,5H,1H3. The third kappa shape index (κ3) is 1.31. The maximum atomic E-state index is 8.85. The molecule has 3 nitrogen and oxygen atoms in total. The number of aryl methyl sites for hydroxylation is 1. The molecule has 13 heavy (non-hydrogen) atoms. The average Bonchev–Trinajstić information content (AvgIpc) is 2.43. The molecule has 1 aromatic carbocycles. The van der Waals surface area contributed by atoms with Crippen molar-refractivity contribution >= 4 is 26.8 Å². The highest BCUT2D eigenvalue weighted by Gasteiger charge is 2.05. The van der Waals surface area contributed by atoms with Crippen molar-refractivity contribution in [3.63, 3.8) is 0 Å². The van der Waals surface area contributed by atoms with Crippen LogP contribution in [0.15, 0.2) is 22.8 Å². The van der Waals surface area contributed by atoms with Gasteiger partial charge in [0.2, 0.25) is 0 Å². The minimum absolute atomic E-state index is 0.602. The van der Waals surface area contributed by atoms with Gasteiger partial charge in [0.1, 0.15) is 11.6 Å². The number of nitriles is 1. The smallest absolute Gasteiger partial charge is 0.110 e. The SMILES string of the molecule is Cn1cc2cc(Br)cc(C#N)c2n1. The van der Waals surface area contributed by atoms with E-state index >= 15 is 0 Å². The van der Waals surface area contributed by atoms with Gasteiger partial charge in [-0.2, -0.15) is 10.4 Å². The Balaban J connectivity index is 2.90. The maximum absolute atomic E-state index is 8.85. The Morgan fingerprint density at radius 2 is 2.31 bits per heavy atom. The van der Waals surface area contributed by atoms with Crippen LogP contribution in [0.4, 0.5) is 0 Å². The van der Waals surface area contributed by atoms with Gasteiger partial charge in [-0.05, 0) is 12.1 Å². The summed E-state index contributed by atoms with van der Waals surface area (Å²) in [6.45, 7) is 0. The number of hydrogen-bond donors (Lipinski definition) is 0. The van der Waals surface area contributed by atoms with Crippen LogP contribution in [-0.2, 0) is 7.05 Å². The predicted molar refractivity (Wildman–Crippen MR) is 53.1 cm³/mol. The van der Waals surface area contributed by atoms with Gasteiger partial charge in [-0.15, -0.1) is 0 Å². The Morgan fingerprint density at radius 1 is 1.54 bits per heavy atom. The van der Waals surface area contributed by atoms with E-state index in [0.717, 1.165) is 15.4 Å². The first kappa shape index (κ1) is 8.27. The van der Waals surface area contributed by atoms with Crippen LogP contribution in [0.25, 0.3) is 10.9 Å². The van der Waals surface area contributed by atoms with Crippen molar-refractivity contribution in [2.75, 3.05) is 0 Å². The van der Waals surface area contributed by atoms with E-state index in [4.69, 9.17) is 5.26 Å². The Hall–Kier alpha value is -1.34. The fourth-order valence-corrected chi connectivity index (χ4v) is 1.78. The van der Waals surface area contributed by atoms with Gasteiger partial charge >= 0.3 is 0 Å². The Labute approximate surface area is 83.7 Å². The van der Waals surface area contributed by atoms with Crippen molar-refractivity contribution in [3.8, 4) is 6.07 Å². The van der Waals surface area contributed by atoms with Gasteiger partial charge in [0.15, 0.2) is 0 Å². The summed E-state index contributed by atoms with van der Waals surface area (Å²) in [4.78, 5) is 0. The van der Waals surface area contributed by atoms with Crippen molar-refractivity contribution < 1.29 is 0 Å². The Bertz CT molecular complexity index is 507. The van der Waals surface area contributed by atoms with Gasteiger partial charge < -0.3 is 0 Å². The molecule has 0 saturated carbocycles. The summed E-state index contributed by atoms with van der Waals surface area (Å²) < 4.78 is 2.61. The molecule has 0 bridgehead atoms. The molecule has 0 aliphatic carbocycles. The third-order valence-electron chi connectivity index (χ3n) is 1.81. The number of hydrogen-bond acceptors (Lipinski definition) is 2. The molecule has 1 aromatic heterocycles. The van der Waals surface area contributed by atoms with E-state index in [2.05, 4.69) is 27.1 Å². The number of nitrogens with zero attached hydrogens (tertiary/aromatic N) is 3. The second-order valence-corrected chi connectivity index (χ2v) is 3.72. The molecule has 0 N–H and O–H groups in total. The first-order valence-electron chi connectivity index (χ1n) is 3.73. The molecular weight excluding hydrogens is 230 g/mol. The molecule has 0 unspecified atom stereocenters. The Kier molecular flexibility index (Phi) is 1.82. The van der Waals surface area contributed by atoms with E-state index in [9.17, 15) is 0 Å². The van der Waals surface area contributed by atoms with Crippen LogP contribution >= 0.6 is 15.9 Å². The lowest BCUT2D eigenvalue weighted by molar-refractivity contribution is 0.779. The molecule has 0 aliphatic rings. The van der Waals surface area contributed by atoms with E-state index in [1.807, 2.05) is 19.3 Å². The largest absolute Gasteiger partial charge is 0.275 e. The number of benzene rings is 1. The molecule has 0 fully saturated rings. The highest BCUT2D eigenvalue weighted by atomic mass is 79.9. The lowest BCUT2D eigenvalue weighted by Gasteiger charge is -1.92. The molecule has 0 atom stereocenters. The van der Waals surface area contributed by atoms with Gasteiger partial charge in [-0.25, -0.2) is 0 Å². The van der Waals surface area contributed by atoms with Crippen molar-refractivity contribution in [2.24, 2.45) is 7.05 Å². The second kappa shape index (κ2) is 2.86. The van der Waals surface area contributed by atoms with Crippen molar-refractivity contribution in [1.29, 1.82) is 5.26 Å². The molecule has 4 heteroatoms. The quantitative estimate of drug-likeness (QED) is 0.703. The molecule has 0 aliphatic heterocycles. The lowest BCUT2D eigenvalue weighted by Crippen LogP contribution is -1.86. The van der Waals surface area contributed by atoms with E-state index in [1.54, 1.807) is 10.7 Å². The van der Waals surface area contributed by atoms with Crippen LogP contribution in [0.1, 0.15) is 5.56 Å². The van der Waals surface area contributed by atoms with Gasteiger partial charge in [0, 0.05) is 23.1 Å². The molecular formula is C9H6BrN3. The summed E-state index contributed by atoms with van der Waals surface area (Å²) in [5.74, 6) is 0. The first-order chi connectivity index (χ1) is 6.20. The number of halogens is 1. The van der Waals surface area contributed by atoms with Crippen LogP contribution in [0, 0.1) is 11.3 Å². The molecule has 0 radical (unpaired) electrons. The van der Waals surface area contributed by atoms with Gasteiger partial charge in [0.05, 0.1) is 5.56 Å². The summed E-state index contributed by atoms with van der Waals surface area (Å²) in [5.41, 5.74) is 1.36. The van der Waals surface area contributed by atoms with E-state index < -0.39 is 0 Å². The maximum Gasteiger partial charge on any atom is 0.110 e. The van der Waals surface area contributed by atoms with Gasteiger partial charge in [-0.1, -0.05) is 15.9 Å². The minimum atomic E-state index is 0.602. The summed E-state index contributed by atoms with van der Waals surface area (Å²) in [7, 11) is 1.84.